The molecule has 0 heterocycles. The number of hydrogen-bond donors (Lipinski definition) is 3. The molecule has 1 aromatic rings. The van der Waals surface area contributed by atoms with Crippen LogP contribution in [0.2, 0.25) is 0 Å². The van der Waals surface area contributed by atoms with Crippen molar-refractivity contribution in [1.29, 1.82) is 0 Å². The number of benzene rings is 1. The number of unbranched alkanes of at least 4 members (excludes halogenated alkanes) is 2. The largest absolute Gasteiger partial charge is 0.481 e. The van der Waals surface area contributed by atoms with E-state index in [0.717, 1.165) is 44.9 Å². The molecule has 3 N–H and O–H groups in total. The Morgan fingerprint density at radius 2 is 2.04 bits per heavy atom. The van der Waals surface area contributed by atoms with E-state index in [2.05, 4.69) is 19.1 Å². The zero-order valence-corrected chi connectivity index (χ0v) is 17.1. The van der Waals surface area contributed by atoms with Crippen LogP contribution in [0.4, 0.5) is 0 Å². The summed E-state index contributed by atoms with van der Waals surface area (Å²) >= 11 is 0. The van der Waals surface area contributed by atoms with E-state index < -0.39 is 5.97 Å². The maximum Gasteiger partial charge on any atom is 0.303 e. The molecule has 3 rings (SSSR count). The van der Waals surface area contributed by atoms with E-state index >= 15 is 0 Å². The molecule has 4 unspecified atom stereocenters. The van der Waals surface area contributed by atoms with Gasteiger partial charge in [0.25, 0.3) is 0 Å². The Labute approximate surface area is 169 Å². The minimum atomic E-state index is -0.750. The van der Waals surface area contributed by atoms with Crippen LogP contribution in [0.25, 0.3) is 0 Å². The van der Waals surface area contributed by atoms with Gasteiger partial charge in [0, 0.05) is 6.42 Å². The molecule has 1 aromatic carbocycles. The molecule has 0 spiro atoms. The molecule has 2 aliphatic rings. The van der Waals surface area contributed by atoms with E-state index in [1.54, 1.807) is 0 Å². The summed E-state index contributed by atoms with van der Waals surface area (Å²) in [7, 11) is 0. The number of carboxylic acids is 1. The summed E-state index contributed by atoms with van der Waals surface area (Å²) in [5, 5.41) is 30.0. The van der Waals surface area contributed by atoms with Gasteiger partial charge in [-0.15, -0.1) is 0 Å². The molecule has 5 atom stereocenters. The van der Waals surface area contributed by atoms with Gasteiger partial charge >= 0.3 is 5.97 Å². The highest BCUT2D eigenvalue weighted by Crippen LogP contribution is 2.47. The zero-order valence-electron chi connectivity index (χ0n) is 17.1. The molecular weight excluding hydrogens is 352 g/mol. The third-order valence-corrected chi connectivity index (χ3v) is 7.07. The van der Waals surface area contributed by atoms with Gasteiger partial charge in [-0.25, -0.2) is 0 Å². The van der Waals surface area contributed by atoms with Crippen molar-refractivity contribution < 1.29 is 20.1 Å². The van der Waals surface area contributed by atoms with Crippen LogP contribution >= 0.6 is 0 Å². The Kier molecular flexibility index (Phi) is 7.53. The highest BCUT2D eigenvalue weighted by molar-refractivity contribution is 5.67. The number of carbonyl (C=O) groups is 1. The fourth-order valence-corrected chi connectivity index (χ4v) is 5.55. The number of aliphatic carboxylic acids is 1. The van der Waals surface area contributed by atoms with Gasteiger partial charge in [0.15, 0.2) is 0 Å². The molecule has 0 saturated heterocycles. The predicted molar refractivity (Wildman–Crippen MR) is 110 cm³/mol. The Balaban J connectivity index is 1.62. The highest BCUT2D eigenvalue weighted by Gasteiger charge is 2.44. The molecule has 0 radical (unpaired) electrons. The molecule has 2 aliphatic carbocycles. The number of fused-ring (bicyclic) bond motifs is 2. The number of hydrogen-bond acceptors (Lipinski definition) is 3. The molecule has 0 bridgehead atoms. The SMILES string of the molecule is CCCCCC(O)CCC1C2Cc3cccc(CCC(=O)O)c3CC2C[C@H]1O. The van der Waals surface area contributed by atoms with E-state index in [1.165, 1.54) is 29.5 Å². The third-order valence-electron chi connectivity index (χ3n) is 7.07. The van der Waals surface area contributed by atoms with Crippen LogP contribution in [0, 0.1) is 17.8 Å². The van der Waals surface area contributed by atoms with E-state index in [0.29, 0.717) is 18.3 Å². The lowest BCUT2D eigenvalue weighted by Crippen LogP contribution is -2.28. The predicted octanol–water partition coefficient (Wildman–Crippen LogP) is 4.14. The second-order valence-corrected chi connectivity index (χ2v) is 8.97. The summed E-state index contributed by atoms with van der Waals surface area (Å²) in [5.41, 5.74) is 3.84. The standard InChI is InChI=1S/C24H36O4/c1-2-3-4-8-19(25)10-11-20-22-13-17-7-5-6-16(9-12-24(27)28)21(17)14-18(22)15-23(20)26/h5-7,18-20,22-23,25-26H,2-4,8-15H2,1H3,(H,27,28)/t18?,19?,20?,22?,23-/m1/s1. The van der Waals surface area contributed by atoms with Gasteiger partial charge in [-0.3, -0.25) is 4.79 Å². The van der Waals surface area contributed by atoms with Crippen molar-refractivity contribution in [3.05, 3.63) is 34.9 Å². The molecular formula is C24H36O4. The summed E-state index contributed by atoms with van der Waals surface area (Å²) in [6.45, 7) is 2.18. The van der Waals surface area contributed by atoms with Crippen LogP contribution in [0.3, 0.4) is 0 Å². The minimum absolute atomic E-state index is 0.172. The number of aliphatic hydroxyl groups excluding tert-OH is 2. The van der Waals surface area contributed by atoms with Gasteiger partial charge in [0.05, 0.1) is 12.2 Å². The molecule has 156 valence electrons. The molecule has 0 aromatic heterocycles. The lowest BCUT2D eigenvalue weighted by molar-refractivity contribution is -0.136. The number of aliphatic hydroxyl groups is 2. The molecule has 0 amide bonds. The van der Waals surface area contributed by atoms with Gasteiger partial charge in [0.1, 0.15) is 0 Å². The molecule has 1 fully saturated rings. The Bertz CT molecular complexity index is 656. The van der Waals surface area contributed by atoms with E-state index in [4.69, 9.17) is 5.11 Å². The quantitative estimate of drug-likeness (QED) is 0.527. The summed E-state index contributed by atoms with van der Waals surface area (Å²) in [6.07, 6.45) is 9.04. The number of carboxylic acid groups (broad SMARTS) is 1. The monoisotopic (exact) mass is 388 g/mol. The fraction of sp³-hybridized carbons (Fsp3) is 0.708. The third kappa shape index (κ3) is 5.15. The maximum atomic E-state index is 11.0. The van der Waals surface area contributed by atoms with E-state index in [9.17, 15) is 15.0 Å². The molecule has 28 heavy (non-hydrogen) atoms. The van der Waals surface area contributed by atoms with Crippen LogP contribution in [0.1, 0.15) is 75.0 Å². The van der Waals surface area contributed by atoms with Crippen molar-refractivity contribution in [2.24, 2.45) is 17.8 Å². The van der Waals surface area contributed by atoms with Gasteiger partial charge < -0.3 is 15.3 Å². The molecule has 4 heteroatoms. The number of rotatable bonds is 10. The minimum Gasteiger partial charge on any atom is -0.481 e. The van der Waals surface area contributed by atoms with Crippen molar-refractivity contribution in [2.75, 3.05) is 0 Å². The Morgan fingerprint density at radius 1 is 1.21 bits per heavy atom. The van der Waals surface area contributed by atoms with Crippen LogP contribution in [0.5, 0.6) is 0 Å². The molecule has 0 aliphatic heterocycles. The summed E-state index contributed by atoms with van der Waals surface area (Å²) in [4.78, 5) is 11.0. The fourth-order valence-electron chi connectivity index (χ4n) is 5.55. The Morgan fingerprint density at radius 3 is 2.79 bits per heavy atom. The lowest BCUT2D eigenvalue weighted by Gasteiger charge is -2.33. The summed E-state index contributed by atoms with van der Waals surface area (Å²) in [6, 6.07) is 6.29. The first kappa shape index (κ1) is 21.3. The first-order valence-corrected chi connectivity index (χ1v) is 11.2. The average molecular weight is 389 g/mol. The van der Waals surface area contributed by atoms with Crippen LogP contribution < -0.4 is 0 Å². The van der Waals surface area contributed by atoms with Gasteiger partial charge in [-0.05, 0) is 79.4 Å². The van der Waals surface area contributed by atoms with Crippen molar-refractivity contribution >= 4 is 5.97 Å². The maximum absolute atomic E-state index is 11.0. The van der Waals surface area contributed by atoms with Crippen LogP contribution in [-0.4, -0.2) is 33.5 Å². The van der Waals surface area contributed by atoms with Gasteiger partial charge in [-0.1, -0.05) is 44.4 Å². The normalized spacial score (nSPS) is 27.2. The van der Waals surface area contributed by atoms with Gasteiger partial charge in [0.2, 0.25) is 0 Å². The first-order chi connectivity index (χ1) is 13.5. The van der Waals surface area contributed by atoms with Crippen LogP contribution in [0.15, 0.2) is 18.2 Å². The molecule has 1 saturated carbocycles. The topological polar surface area (TPSA) is 77.8 Å². The second kappa shape index (κ2) is 9.89. The summed E-state index contributed by atoms with van der Waals surface area (Å²) in [5.74, 6) is 0.498. The van der Waals surface area contributed by atoms with Crippen molar-refractivity contribution in [3.8, 4) is 0 Å². The van der Waals surface area contributed by atoms with Crippen molar-refractivity contribution in [1.82, 2.24) is 0 Å². The molecule has 4 nitrogen and oxygen atoms in total. The average Bonchev–Trinajstić information content (AvgIpc) is 2.97. The number of aryl methyl sites for hydroxylation is 1. The zero-order chi connectivity index (χ0) is 20.1. The van der Waals surface area contributed by atoms with E-state index in [1.807, 2.05) is 6.07 Å². The highest BCUT2D eigenvalue weighted by atomic mass is 16.4. The van der Waals surface area contributed by atoms with E-state index in [-0.39, 0.29) is 24.5 Å². The Hall–Kier alpha value is -1.39. The van der Waals surface area contributed by atoms with Crippen LogP contribution in [-0.2, 0) is 24.1 Å². The lowest BCUT2D eigenvalue weighted by atomic mass is 9.72. The van der Waals surface area contributed by atoms with Crippen molar-refractivity contribution in [2.45, 2.75) is 89.8 Å². The van der Waals surface area contributed by atoms with Gasteiger partial charge in [-0.2, -0.15) is 0 Å². The smallest absolute Gasteiger partial charge is 0.303 e. The first-order valence-electron chi connectivity index (χ1n) is 11.2. The second-order valence-electron chi connectivity index (χ2n) is 8.97. The summed E-state index contributed by atoms with van der Waals surface area (Å²) < 4.78 is 0. The van der Waals surface area contributed by atoms with Crippen molar-refractivity contribution in [3.63, 3.8) is 0 Å².